The lowest BCUT2D eigenvalue weighted by Crippen LogP contribution is -2.52. The zero-order valence-corrected chi connectivity index (χ0v) is 13.1. The van der Waals surface area contributed by atoms with Crippen LogP contribution >= 0.6 is 0 Å². The highest BCUT2D eigenvalue weighted by Gasteiger charge is 2.24. The van der Waals surface area contributed by atoms with Crippen molar-refractivity contribution in [3.8, 4) is 0 Å². The van der Waals surface area contributed by atoms with E-state index in [1.807, 2.05) is 11.8 Å². The Bertz CT molecular complexity index is 510. The van der Waals surface area contributed by atoms with Crippen LogP contribution in [0.2, 0.25) is 0 Å². The first kappa shape index (κ1) is 16.9. The molecule has 0 saturated carbocycles. The van der Waals surface area contributed by atoms with E-state index in [1.54, 1.807) is 13.2 Å². The minimum Gasteiger partial charge on any atom is -0.382 e. The molecule has 5 nitrogen and oxygen atoms in total. The largest absolute Gasteiger partial charge is 0.382 e. The average molecular weight is 310 g/mol. The van der Waals surface area contributed by atoms with Gasteiger partial charge in [-0.3, -0.25) is 4.79 Å². The summed E-state index contributed by atoms with van der Waals surface area (Å²) in [5.41, 5.74) is 0.894. The molecule has 1 amide bonds. The molecule has 0 unspecified atom stereocenters. The SMILES string of the molecule is COCCOCc1cc(C(=O)N2CCNC[C@H]2C)ccc1F. The minimum absolute atomic E-state index is 0.0628. The summed E-state index contributed by atoms with van der Waals surface area (Å²) in [6.07, 6.45) is 0. The quantitative estimate of drug-likeness (QED) is 0.808. The number of carbonyl (C=O) groups excluding carboxylic acids is 1. The number of ether oxygens (including phenoxy) is 2. The molecule has 0 spiro atoms. The molecule has 1 heterocycles. The molecule has 1 aromatic carbocycles. The van der Waals surface area contributed by atoms with Gasteiger partial charge in [-0.25, -0.2) is 4.39 Å². The van der Waals surface area contributed by atoms with Crippen molar-refractivity contribution in [3.05, 3.63) is 35.1 Å². The van der Waals surface area contributed by atoms with Gasteiger partial charge in [-0.1, -0.05) is 0 Å². The molecule has 0 bridgehead atoms. The van der Waals surface area contributed by atoms with Crippen LogP contribution in [0.4, 0.5) is 4.39 Å². The summed E-state index contributed by atoms with van der Waals surface area (Å²) in [5, 5.41) is 3.25. The Kier molecular flexibility index (Phi) is 6.30. The van der Waals surface area contributed by atoms with Gasteiger partial charge in [-0.15, -0.1) is 0 Å². The number of carbonyl (C=O) groups is 1. The summed E-state index contributed by atoms with van der Waals surface area (Å²) in [6, 6.07) is 4.58. The molecule has 0 aliphatic carbocycles. The van der Waals surface area contributed by atoms with Crippen LogP contribution in [0.5, 0.6) is 0 Å². The molecule has 0 aromatic heterocycles. The van der Waals surface area contributed by atoms with Gasteiger partial charge in [0.1, 0.15) is 5.82 Å². The number of halogens is 1. The van der Waals surface area contributed by atoms with Crippen LogP contribution in [-0.4, -0.2) is 56.8 Å². The van der Waals surface area contributed by atoms with E-state index < -0.39 is 0 Å². The van der Waals surface area contributed by atoms with Gasteiger partial charge in [0.2, 0.25) is 0 Å². The first-order chi connectivity index (χ1) is 10.6. The molecule has 0 radical (unpaired) electrons. The van der Waals surface area contributed by atoms with E-state index >= 15 is 0 Å². The fourth-order valence-electron chi connectivity index (χ4n) is 2.45. The Morgan fingerprint density at radius 2 is 2.27 bits per heavy atom. The van der Waals surface area contributed by atoms with E-state index in [9.17, 15) is 9.18 Å². The lowest BCUT2D eigenvalue weighted by Gasteiger charge is -2.34. The van der Waals surface area contributed by atoms with E-state index in [2.05, 4.69) is 5.32 Å². The van der Waals surface area contributed by atoms with Gasteiger partial charge >= 0.3 is 0 Å². The Morgan fingerprint density at radius 1 is 1.45 bits per heavy atom. The van der Waals surface area contributed by atoms with Crippen LogP contribution in [0.25, 0.3) is 0 Å². The summed E-state index contributed by atoms with van der Waals surface area (Å²) in [6.45, 7) is 5.21. The van der Waals surface area contributed by atoms with E-state index in [0.717, 1.165) is 13.1 Å². The third kappa shape index (κ3) is 4.25. The van der Waals surface area contributed by atoms with Gasteiger partial charge in [0.15, 0.2) is 0 Å². The number of amides is 1. The molecule has 22 heavy (non-hydrogen) atoms. The molecule has 1 aliphatic rings. The number of hydrogen-bond donors (Lipinski definition) is 1. The fraction of sp³-hybridized carbons (Fsp3) is 0.562. The highest BCUT2D eigenvalue weighted by atomic mass is 19.1. The summed E-state index contributed by atoms with van der Waals surface area (Å²) in [4.78, 5) is 14.4. The lowest BCUT2D eigenvalue weighted by atomic mass is 10.1. The molecule has 1 atom stereocenters. The Labute approximate surface area is 130 Å². The standard InChI is InChI=1S/C16H23FN2O3/c1-12-10-18-5-6-19(12)16(20)13-3-4-15(17)14(9-13)11-22-8-7-21-2/h3-4,9,12,18H,5-8,10-11H2,1-2H3/t12-/m1/s1. The lowest BCUT2D eigenvalue weighted by molar-refractivity contribution is 0.0600. The second-order valence-electron chi connectivity index (χ2n) is 5.40. The number of hydrogen-bond acceptors (Lipinski definition) is 4. The Balaban J connectivity index is 2.05. The molecule has 1 aromatic rings. The van der Waals surface area contributed by atoms with Gasteiger partial charge in [-0.2, -0.15) is 0 Å². The maximum Gasteiger partial charge on any atom is 0.254 e. The normalized spacial score (nSPS) is 18.5. The second kappa shape index (κ2) is 8.22. The second-order valence-corrected chi connectivity index (χ2v) is 5.40. The smallest absolute Gasteiger partial charge is 0.254 e. The first-order valence-corrected chi connectivity index (χ1v) is 7.50. The number of rotatable bonds is 6. The summed E-state index contributed by atoms with van der Waals surface area (Å²) >= 11 is 0. The van der Waals surface area contributed by atoms with Crippen LogP contribution in [-0.2, 0) is 16.1 Å². The number of nitrogens with one attached hydrogen (secondary N) is 1. The number of piperazine rings is 1. The van der Waals surface area contributed by atoms with E-state index in [1.165, 1.54) is 12.1 Å². The number of methoxy groups -OCH3 is 1. The van der Waals surface area contributed by atoms with Gasteiger partial charge in [0, 0.05) is 43.9 Å². The van der Waals surface area contributed by atoms with Crippen molar-refractivity contribution >= 4 is 5.91 Å². The molecule has 122 valence electrons. The topological polar surface area (TPSA) is 50.8 Å². The number of benzene rings is 1. The van der Waals surface area contributed by atoms with Gasteiger partial charge in [0.05, 0.1) is 19.8 Å². The van der Waals surface area contributed by atoms with Crippen molar-refractivity contribution < 1.29 is 18.7 Å². The number of nitrogens with zero attached hydrogens (tertiary/aromatic N) is 1. The Hall–Kier alpha value is -1.50. The highest BCUT2D eigenvalue weighted by molar-refractivity contribution is 5.94. The average Bonchev–Trinajstić information content (AvgIpc) is 2.53. The van der Waals surface area contributed by atoms with Gasteiger partial charge in [-0.05, 0) is 25.1 Å². The third-order valence-electron chi connectivity index (χ3n) is 3.74. The molecular formula is C16H23FN2O3. The molecule has 2 rings (SSSR count). The van der Waals surface area contributed by atoms with E-state index in [-0.39, 0.29) is 24.4 Å². The minimum atomic E-state index is -0.359. The molecule has 1 N–H and O–H groups in total. The van der Waals surface area contributed by atoms with Crippen molar-refractivity contribution in [1.29, 1.82) is 0 Å². The zero-order valence-electron chi connectivity index (χ0n) is 13.1. The predicted octanol–water partition coefficient (Wildman–Crippen LogP) is 1.42. The van der Waals surface area contributed by atoms with Crippen LogP contribution in [0.1, 0.15) is 22.8 Å². The molecular weight excluding hydrogens is 287 g/mol. The van der Waals surface area contributed by atoms with Crippen LogP contribution in [0.3, 0.4) is 0 Å². The van der Waals surface area contributed by atoms with Gasteiger partial charge in [0.25, 0.3) is 5.91 Å². The predicted molar refractivity (Wildman–Crippen MR) is 81.3 cm³/mol. The van der Waals surface area contributed by atoms with Crippen LogP contribution in [0.15, 0.2) is 18.2 Å². The van der Waals surface area contributed by atoms with Crippen molar-refractivity contribution in [1.82, 2.24) is 10.2 Å². The Morgan fingerprint density at radius 3 is 3.00 bits per heavy atom. The fourth-order valence-corrected chi connectivity index (χ4v) is 2.45. The van der Waals surface area contributed by atoms with E-state index in [0.29, 0.717) is 30.9 Å². The van der Waals surface area contributed by atoms with Crippen LogP contribution < -0.4 is 5.32 Å². The summed E-state index contributed by atoms with van der Waals surface area (Å²) in [7, 11) is 1.58. The maximum absolute atomic E-state index is 13.8. The van der Waals surface area contributed by atoms with Crippen molar-refractivity contribution in [2.45, 2.75) is 19.6 Å². The van der Waals surface area contributed by atoms with Crippen molar-refractivity contribution in [2.24, 2.45) is 0 Å². The first-order valence-electron chi connectivity index (χ1n) is 7.50. The van der Waals surface area contributed by atoms with E-state index in [4.69, 9.17) is 9.47 Å². The van der Waals surface area contributed by atoms with Crippen molar-refractivity contribution in [2.75, 3.05) is 40.0 Å². The molecule has 1 aliphatic heterocycles. The summed E-state index contributed by atoms with van der Waals surface area (Å²) in [5.74, 6) is -0.422. The molecule has 6 heteroatoms. The molecule has 1 saturated heterocycles. The molecule has 1 fully saturated rings. The highest BCUT2D eigenvalue weighted by Crippen LogP contribution is 2.16. The van der Waals surface area contributed by atoms with Gasteiger partial charge < -0.3 is 19.7 Å². The monoisotopic (exact) mass is 310 g/mol. The third-order valence-corrected chi connectivity index (χ3v) is 3.74. The van der Waals surface area contributed by atoms with Crippen molar-refractivity contribution in [3.63, 3.8) is 0 Å². The maximum atomic E-state index is 13.8. The summed E-state index contributed by atoms with van der Waals surface area (Å²) < 4.78 is 24.0. The zero-order chi connectivity index (χ0) is 15.9. The van der Waals surface area contributed by atoms with Crippen LogP contribution in [0, 0.1) is 5.82 Å².